The number of rotatable bonds is 6. The van der Waals surface area contributed by atoms with Crippen molar-refractivity contribution in [3.05, 3.63) is 69.8 Å². The minimum Gasteiger partial charge on any atom is -0.503 e. The van der Waals surface area contributed by atoms with Crippen LogP contribution < -0.4 is 0 Å². The third-order valence-corrected chi connectivity index (χ3v) is 5.77. The van der Waals surface area contributed by atoms with Crippen LogP contribution in [0.1, 0.15) is 40.8 Å². The number of ketones is 1. The Morgan fingerprint density at radius 2 is 1.97 bits per heavy atom. The second-order valence-corrected chi connectivity index (χ2v) is 7.94. The summed E-state index contributed by atoms with van der Waals surface area (Å²) in [5, 5.41) is 11.1. The number of carbonyl (C=O) groups is 2. The fourth-order valence-electron chi connectivity index (χ4n) is 4.08. The molecule has 1 aromatic heterocycles. The summed E-state index contributed by atoms with van der Waals surface area (Å²) in [6.07, 6.45) is 2.30. The molecule has 0 bridgehead atoms. The second-order valence-electron chi connectivity index (χ2n) is 7.51. The first-order valence-electron chi connectivity index (χ1n) is 9.79. The van der Waals surface area contributed by atoms with Crippen LogP contribution in [-0.2, 0) is 4.79 Å². The Hall–Kier alpha value is -2.57. The number of aliphatic hydroxyl groups is 1. The van der Waals surface area contributed by atoms with Gasteiger partial charge in [-0.15, -0.1) is 0 Å². The molecule has 1 atom stereocenters. The van der Waals surface area contributed by atoms with Gasteiger partial charge in [0, 0.05) is 18.1 Å². The number of benzene rings is 1. The number of likely N-dealkylation sites (tertiary alicyclic amines) is 1. The summed E-state index contributed by atoms with van der Waals surface area (Å²) in [6, 6.07) is 9.58. The predicted molar refractivity (Wildman–Crippen MR) is 109 cm³/mol. The summed E-state index contributed by atoms with van der Waals surface area (Å²) in [6.45, 7) is 4.84. The predicted octanol–water partition coefficient (Wildman–Crippen LogP) is 3.92. The molecule has 2 aliphatic rings. The highest BCUT2D eigenvalue weighted by molar-refractivity contribution is 6.30. The highest BCUT2D eigenvalue weighted by Gasteiger charge is 2.44. The lowest BCUT2D eigenvalue weighted by atomic mass is 9.95. The Morgan fingerprint density at radius 3 is 2.62 bits per heavy atom. The number of hydrogen-bond acceptors (Lipinski definition) is 5. The molecule has 0 radical (unpaired) electrons. The molecule has 6 nitrogen and oxygen atoms in total. The number of aryl methyl sites for hydroxylation is 1. The topological polar surface area (TPSA) is 74.0 Å². The van der Waals surface area contributed by atoms with Crippen molar-refractivity contribution in [3.63, 3.8) is 0 Å². The van der Waals surface area contributed by atoms with Crippen molar-refractivity contribution in [2.75, 3.05) is 26.2 Å². The number of carbonyl (C=O) groups excluding carboxylic acids is 2. The molecule has 1 unspecified atom stereocenters. The lowest BCUT2D eigenvalue weighted by molar-refractivity contribution is -0.129. The van der Waals surface area contributed by atoms with Crippen LogP contribution in [-0.4, -0.2) is 52.8 Å². The van der Waals surface area contributed by atoms with Crippen LogP contribution in [0.2, 0.25) is 5.02 Å². The van der Waals surface area contributed by atoms with Crippen LogP contribution in [0, 0.1) is 6.92 Å². The van der Waals surface area contributed by atoms with Crippen molar-refractivity contribution in [2.45, 2.75) is 25.8 Å². The van der Waals surface area contributed by atoms with Gasteiger partial charge in [-0.05, 0) is 62.7 Å². The van der Waals surface area contributed by atoms with Crippen LogP contribution >= 0.6 is 11.6 Å². The van der Waals surface area contributed by atoms with Gasteiger partial charge in [-0.2, -0.15) is 0 Å². The summed E-state index contributed by atoms with van der Waals surface area (Å²) >= 11 is 6.18. The van der Waals surface area contributed by atoms with E-state index in [9.17, 15) is 14.7 Å². The number of halogens is 1. The average Bonchev–Trinajstić information content (AvgIpc) is 3.42. The zero-order valence-electron chi connectivity index (χ0n) is 16.2. The van der Waals surface area contributed by atoms with Crippen LogP contribution in [0.4, 0.5) is 0 Å². The standard InChI is InChI=1S/C22H23ClN2O4/c1-14-7-8-17(29-14)20(26)18-19(15-5-4-6-16(23)13-15)25(22(28)21(18)27)12-11-24-9-2-3-10-24/h4-8,13,19,27H,2-3,9-12H2,1H3. The smallest absolute Gasteiger partial charge is 0.290 e. The second kappa shape index (κ2) is 8.05. The molecule has 1 fully saturated rings. The van der Waals surface area contributed by atoms with Gasteiger partial charge in [-0.25, -0.2) is 0 Å². The van der Waals surface area contributed by atoms with E-state index in [1.54, 1.807) is 42.2 Å². The first-order valence-corrected chi connectivity index (χ1v) is 10.2. The van der Waals surface area contributed by atoms with Gasteiger partial charge in [0.15, 0.2) is 11.5 Å². The van der Waals surface area contributed by atoms with Gasteiger partial charge < -0.3 is 19.3 Å². The SMILES string of the molecule is Cc1ccc(C(=O)C2=C(O)C(=O)N(CCN3CCCC3)C2c2cccc(Cl)c2)o1. The van der Waals surface area contributed by atoms with Crippen LogP contribution in [0.15, 0.2) is 52.1 Å². The Morgan fingerprint density at radius 1 is 1.21 bits per heavy atom. The van der Waals surface area contributed by atoms with Gasteiger partial charge in [0.1, 0.15) is 5.76 Å². The van der Waals surface area contributed by atoms with E-state index in [1.165, 1.54) is 0 Å². The Labute approximate surface area is 174 Å². The zero-order chi connectivity index (χ0) is 20.5. The molecule has 1 aromatic carbocycles. The van der Waals surface area contributed by atoms with E-state index in [4.69, 9.17) is 16.0 Å². The maximum absolute atomic E-state index is 13.2. The average molecular weight is 415 g/mol. The van der Waals surface area contributed by atoms with Crippen molar-refractivity contribution >= 4 is 23.3 Å². The van der Waals surface area contributed by atoms with Crippen LogP contribution in [0.3, 0.4) is 0 Å². The van der Waals surface area contributed by atoms with Gasteiger partial charge >= 0.3 is 0 Å². The molecular formula is C22H23ClN2O4. The molecule has 0 aliphatic carbocycles. The largest absolute Gasteiger partial charge is 0.503 e. The summed E-state index contributed by atoms with van der Waals surface area (Å²) in [4.78, 5) is 29.9. The molecule has 0 saturated carbocycles. The number of amides is 1. The molecule has 29 heavy (non-hydrogen) atoms. The van der Waals surface area contributed by atoms with Gasteiger partial charge in [0.2, 0.25) is 5.78 Å². The van der Waals surface area contributed by atoms with E-state index in [-0.39, 0.29) is 11.3 Å². The van der Waals surface area contributed by atoms with Crippen molar-refractivity contribution in [1.82, 2.24) is 9.80 Å². The van der Waals surface area contributed by atoms with Crippen LogP contribution in [0.5, 0.6) is 0 Å². The number of hydrogen-bond donors (Lipinski definition) is 1. The molecule has 1 amide bonds. The molecule has 4 rings (SSSR count). The van der Waals surface area contributed by atoms with Crippen molar-refractivity contribution < 1.29 is 19.1 Å². The minimum atomic E-state index is -0.707. The molecule has 1 N–H and O–H groups in total. The van der Waals surface area contributed by atoms with E-state index in [2.05, 4.69) is 4.90 Å². The maximum Gasteiger partial charge on any atom is 0.290 e. The lowest BCUT2D eigenvalue weighted by Crippen LogP contribution is -2.37. The molecule has 2 aliphatic heterocycles. The van der Waals surface area contributed by atoms with E-state index >= 15 is 0 Å². The first kappa shape index (κ1) is 19.7. The van der Waals surface area contributed by atoms with Crippen molar-refractivity contribution in [2.24, 2.45) is 0 Å². The molecule has 7 heteroatoms. The van der Waals surface area contributed by atoms with Gasteiger partial charge in [0.25, 0.3) is 5.91 Å². The van der Waals surface area contributed by atoms with E-state index < -0.39 is 23.5 Å². The van der Waals surface area contributed by atoms with Crippen molar-refractivity contribution in [3.8, 4) is 0 Å². The summed E-state index contributed by atoms with van der Waals surface area (Å²) in [7, 11) is 0. The Bertz CT molecular complexity index is 975. The molecular weight excluding hydrogens is 392 g/mol. The molecule has 3 heterocycles. The minimum absolute atomic E-state index is 0.0352. The molecule has 152 valence electrons. The quantitative estimate of drug-likeness (QED) is 0.725. The van der Waals surface area contributed by atoms with E-state index in [0.717, 1.165) is 25.9 Å². The normalized spacial score (nSPS) is 20.1. The molecule has 2 aromatic rings. The number of Topliss-reactive ketones (excluding diaryl/α,β-unsaturated/α-hetero) is 1. The fraction of sp³-hybridized carbons (Fsp3) is 0.364. The zero-order valence-corrected chi connectivity index (χ0v) is 17.0. The van der Waals surface area contributed by atoms with Gasteiger partial charge in [-0.3, -0.25) is 9.59 Å². The van der Waals surface area contributed by atoms with E-state index in [0.29, 0.717) is 29.4 Å². The number of aliphatic hydroxyl groups excluding tert-OH is 1. The summed E-state index contributed by atoms with van der Waals surface area (Å²) in [5.74, 6) is -0.859. The molecule has 0 spiro atoms. The third-order valence-electron chi connectivity index (χ3n) is 5.53. The lowest BCUT2D eigenvalue weighted by Gasteiger charge is -2.28. The summed E-state index contributed by atoms with van der Waals surface area (Å²) in [5.41, 5.74) is 0.719. The Balaban J connectivity index is 1.70. The monoisotopic (exact) mass is 414 g/mol. The number of furan rings is 1. The van der Waals surface area contributed by atoms with Crippen LogP contribution in [0.25, 0.3) is 0 Å². The maximum atomic E-state index is 13.2. The third kappa shape index (κ3) is 3.82. The fourth-order valence-corrected chi connectivity index (χ4v) is 4.28. The number of nitrogens with zero attached hydrogens (tertiary/aromatic N) is 2. The summed E-state index contributed by atoms with van der Waals surface area (Å²) < 4.78 is 5.47. The molecule has 1 saturated heterocycles. The highest BCUT2D eigenvalue weighted by Crippen LogP contribution is 2.39. The van der Waals surface area contributed by atoms with E-state index in [1.807, 2.05) is 6.07 Å². The Kier molecular flexibility index (Phi) is 5.48. The van der Waals surface area contributed by atoms with Gasteiger partial charge in [-0.1, -0.05) is 23.7 Å². The highest BCUT2D eigenvalue weighted by atomic mass is 35.5. The van der Waals surface area contributed by atoms with Crippen molar-refractivity contribution in [1.29, 1.82) is 0 Å². The first-order chi connectivity index (χ1) is 14.0. The van der Waals surface area contributed by atoms with Gasteiger partial charge in [0.05, 0.1) is 11.6 Å².